The van der Waals surface area contributed by atoms with Gasteiger partial charge in [0, 0.05) is 11.3 Å². The van der Waals surface area contributed by atoms with E-state index < -0.39 is 0 Å². The summed E-state index contributed by atoms with van der Waals surface area (Å²) in [5.74, 6) is 1.08. The zero-order valence-corrected chi connectivity index (χ0v) is 13.5. The van der Waals surface area contributed by atoms with Crippen molar-refractivity contribution in [1.82, 2.24) is 15.2 Å². The maximum Gasteiger partial charge on any atom is 0.279 e. The predicted molar refractivity (Wildman–Crippen MR) is 93.7 cm³/mol. The molecule has 122 valence electrons. The lowest BCUT2D eigenvalue weighted by Crippen LogP contribution is -2.15. The molecule has 3 rings (SSSR count). The number of nitrogens with zero attached hydrogens (tertiary/aromatic N) is 2. The number of rotatable bonds is 5. The van der Waals surface area contributed by atoms with Gasteiger partial charge in [-0.25, -0.2) is 0 Å². The molecule has 2 aromatic carbocycles. The SMILES string of the molecule is CCOc1ccc(Nc2nnc(-c3ccc(C)cc3)c(=O)[nH]2)cc1. The maximum absolute atomic E-state index is 12.2. The number of aryl methyl sites for hydroxylation is 1. The van der Waals surface area contributed by atoms with E-state index in [2.05, 4.69) is 20.5 Å². The number of ether oxygens (including phenoxy) is 1. The molecule has 0 saturated carbocycles. The van der Waals surface area contributed by atoms with Gasteiger partial charge in [0.05, 0.1) is 6.61 Å². The summed E-state index contributed by atoms with van der Waals surface area (Å²) in [5.41, 5.74) is 2.65. The molecule has 0 aliphatic carbocycles. The minimum Gasteiger partial charge on any atom is -0.494 e. The Bertz CT molecular complexity index is 871. The average molecular weight is 322 g/mol. The van der Waals surface area contributed by atoms with Gasteiger partial charge in [-0.15, -0.1) is 10.2 Å². The van der Waals surface area contributed by atoms with Gasteiger partial charge in [-0.1, -0.05) is 29.8 Å². The average Bonchev–Trinajstić information content (AvgIpc) is 2.58. The molecule has 0 bridgehead atoms. The molecule has 0 spiro atoms. The highest BCUT2D eigenvalue weighted by molar-refractivity contribution is 5.59. The molecule has 0 amide bonds. The zero-order valence-electron chi connectivity index (χ0n) is 13.5. The Balaban J connectivity index is 1.79. The Labute approximate surface area is 139 Å². The van der Waals surface area contributed by atoms with Gasteiger partial charge >= 0.3 is 0 Å². The van der Waals surface area contributed by atoms with Gasteiger partial charge in [-0.3, -0.25) is 9.78 Å². The summed E-state index contributed by atoms with van der Waals surface area (Å²) in [5, 5.41) is 11.1. The second kappa shape index (κ2) is 6.95. The van der Waals surface area contributed by atoms with Crippen molar-refractivity contribution in [2.45, 2.75) is 13.8 Å². The molecular weight excluding hydrogens is 304 g/mol. The largest absolute Gasteiger partial charge is 0.494 e. The number of aromatic amines is 1. The van der Waals surface area contributed by atoms with Crippen molar-refractivity contribution in [2.24, 2.45) is 0 Å². The second-order valence-electron chi connectivity index (χ2n) is 5.30. The summed E-state index contributed by atoms with van der Waals surface area (Å²) in [6, 6.07) is 15.0. The van der Waals surface area contributed by atoms with E-state index in [1.165, 1.54) is 0 Å². The third-order valence-electron chi connectivity index (χ3n) is 3.45. The molecule has 0 aliphatic heterocycles. The van der Waals surface area contributed by atoms with Gasteiger partial charge in [-0.2, -0.15) is 0 Å². The maximum atomic E-state index is 12.2. The first-order chi connectivity index (χ1) is 11.7. The number of H-pyrrole nitrogens is 1. The molecule has 2 N–H and O–H groups in total. The van der Waals surface area contributed by atoms with Crippen molar-refractivity contribution < 1.29 is 4.74 Å². The van der Waals surface area contributed by atoms with E-state index in [1.807, 2.05) is 62.4 Å². The van der Waals surface area contributed by atoms with Crippen LogP contribution in [0.5, 0.6) is 5.75 Å². The molecule has 0 aliphatic rings. The van der Waals surface area contributed by atoms with Crippen LogP contribution >= 0.6 is 0 Å². The molecule has 3 aromatic rings. The molecule has 6 heteroatoms. The van der Waals surface area contributed by atoms with Gasteiger partial charge in [0.2, 0.25) is 5.95 Å². The molecule has 0 radical (unpaired) electrons. The quantitative estimate of drug-likeness (QED) is 0.753. The molecular formula is C18H18N4O2. The minimum atomic E-state index is -0.290. The molecule has 0 unspecified atom stereocenters. The molecule has 6 nitrogen and oxygen atoms in total. The van der Waals surface area contributed by atoms with Gasteiger partial charge in [-0.05, 0) is 38.1 Å². The standard InChI is InChI=1S/C18H18N4O2/c1-3-24-15-10-8-14(9-11-15)19-18-20-17(23)16(21-22-18)13-6-4-12(2)5-7-13/h4-11H,3H2,1-2H3,(H2,19,20,22,23). The summed E-state index contributed by atoms with van der Waals surface area (Å²) in [6.07, 6.45) is 0. The van der Waals surface area contributed by atoms with Crippen LogP contribution in [-0.4, -0.2) is 21.8 Å². The zero-order chi connectivity index (χ0) is 16.9. The van der Waals surface area contributed by atoms with Crippen LogP contribution in [0.2, 0.25) is 0 Å². The van der Waals surface area contributed by atoms with Crippen LogP contribution < -0.4 is 15.6 Å². The van der Waals surface area contributed by atoms with E-state index in [-0.39, 0.29) is 5.56 Å². The number of nitrogens with one attached hydrogen (secondary N) is 2. The smallest absolute Gasteiger partial charge is 0.279 e. The summed E-state index contributed by atoms with van der Waals surface area (Å²) >= 11 is 0. The Morgan fingerprint density at radius 2 is 1.75 bits per heavy atom. The first-order valence-electron chi connectivity index (χ1n) is 7.69. The van der Waals surface area contributed by atoms with Crippen LogP contribution in [0.3, 0.4) is 0 Å². The lowest BCUT2D eigenvalue weighted by atomic mass is 10.1. The number of aromatic nitrogens is 3. The van der Waals surface area contributed by atoms with Crippen molar-refractivity contribution >= 4 is 11.6 Å². The van der Waals surface area contributed by atoms with Crippen LogP contribution in [0, 0.1) is 6.92 Å². The third-order valence-corrected chi connectivity index (χ3v) is 3.45. The number of anilines is 2. The highest BCUT2D eigenvalue weighted by atomic mass is 16.5. The number of hydrogen-bond donors (Lipinski definition) is 2. The Morgan fingerprint density at radius 1 is 1.04 bits per heavy atom. The number of hydrogen-bond acceptors (Lipinski definition) is 5. The summed E-state index contributed by atoms with van der Waals surface area (Å²) in [4.78, 5) is 14.9. The van der Waals surface area contributed by atoms with Crippen molar-refractivity contribution in [1.29, 1.82) is 0 Å². The highest BCUT2D eigenvalue weighted by Gasteiger charge is 2.07. The highest BCUT2D eigenvalue weighted by Crippen LogP contribution is 2.18. The monoisotopic (exact) mass is 322 g/mol. The fraction of sp³-hybridized carbons (Fsp3) is 0.167. The molecule has 0 saturated heterocycles. The van der Waals surface area contributed by atoms with Gasteiger partial charge in [0.25, 0.3) is 5.56 Å². The Hall–Kier alpha value is -3.15. The van der Waals surface area contributed by atoms with Crippen LogP contribution in [0.4, 0.5) is 11.6 Å². The first kappa shape index (κ1) is 15.7. The van der Waals surface area contributed by atoms with Gasteiger partial charge in [0.1, 0.15) is 5.75 Å². The van der Waals surface area contributed by atoms with E-state index in [0.717, 1.165) is 22.6 Å². The third kappa shape index (κ3) is 3.60. The molecule has 0 atom stereocenters. The molecule has 0 fully saturated rings. The normalized spacial score (nSPS) is 10.4. The van der Waals surface area contributed by atoms with Gasteiger partial charge in [0.15, 0.2) is 5.69 Å². The minimum absolute atomic E-state index is 0.290. The molecule has 24 heavy (non-hydrogen) atoms. The number of benzene rings is 2. The fourth-order valence-corrected chi connectivity index (χ4v) is 2.23. The van der Waals surface area contributed by atoms with E-state index in [4.69, 9.17) is 4.74 Å². The van der Waals surface area contributed by atoms with Crippen molar-refractivity contribution in [3.05, 3.63) is 64.4 Å². The molecule has 1 heterocycles. The second-order valence-corrected chi connectivity index (χ2v) is 5.30. The van der Waals surface area contributed by atoms with E-state index >= 15 is 0 Å². The fourth-order valence-electron chi connectivity index (χ4n) is 2.23. The Morgan fingerprint density at radius 3 is 2.38 bits per heavy atom. The van der Waals surface area contributed by atoms with Crippen LogP contribution in [0.1, 0.15) is 12.5 Å². The Kier molecular flexibility index (Phi) is 4.56. The van der Waals surface area contributed by atoms with Crippen molar-refractivity contribution in [2.75, 3.05) is 11.9 Å². The van der Waals surface area contributed by atoms with Crippen LogP contribution in [0.15, 0.2) is 53.3 Å². The van der Waals surface area contributed by atoms with Crippen molar-refractivity contribution in [3.8, 4) is 17.0 Å². The molecule has 1 aromatic heterocycles. The first-order valence-corrected chi connectivity index (χ1v) is 7.69. The van der Waals surface area contributed by atoms with E-state index in [9.17, 15) is 4.79 Å². The van der Waals surface area contributed by atoms with E-state index in [0.29, 0.717) is 18.2 Å². The van der Waals surface area contributed by atoms with Crippen molar-refractivity contribution in [3.63, 3.8) is 0 Å². The lowest BCUT2D eigenvalue weighted by molar-refractivity contribution is 0.340. The summed E-state index contributed by atoms with van der Waals surface area (Å²) in [7, 11) is 0. The summed E-state index contributed by atoms with van der Waals surface area (Å²) < 4.78 is 5.39. The van der Waals surface area contributed by atoms with Gasteiger partial charge < -0.3 is 10.1 Å². The summed E-state index contributed by atoms with van der Waals surface area (Å²) in [6.45, 7) is 4.54. The van der Waals surface area contributed by atoms with E-state index in [1.54, 1.807) is 0 Å². The topological polar surface area (TPSA) is 79.9 Å². The predicted octanol–water partition coefficient (Wildman–Crippen LogP) is 3.28. The van der Waals surface area contributed by atoms with Crippen LogP contribution in [0.25, 0.3) is 11.3 Å². The lowest BCUT2D eigenvalue weighted by Gasteiger charge is -2.07. The van der Waals surface area contributed by atoms with Crippen LogP contribution in [-0.2, 0) is 0 Å².